The first-order valence-corrected chi connectivity index (χ1v) is 12.5. The minimum absolute atomic E-state index is 0.0549. The number of aryl methyl sites for hydroxylation is 1. The molecule has 1 aromatic heterocycles. The van der Waals surface area contributed by atoms with E-state index >= 15 is 0 Å². The largest absolute Gasteiger partial charge is 0.497 e. The van der Waals surface area contributed by atoms with Gasteiger partial charge in [0, 0.05) is 18.2 Å². The molecule has 190 valence electrons. The zero-order chi connectivity index (χ0) is 25.7. The number of para-hydroxylation sites is 2. The molecule has 2 aromatic carbocycles. The molecule has 3 unspecified atom stereocenters. The number of nitrogens with zero attached hydrogens (tertiary/aromatic N) is 2. The molecule has 8 heteroatoms. The highest BCUT2D eigenvalue weighted by Gasteiger charge is 2.26. The van der Waals surface area contributed by atoms with Crippen LogP contribution in [-0.4, -0.2) is 40.7 Å². The minimum atomic E-state index is -0.896. The number of hydrogen-bond acceptors (Lipinski definition) is 6. The van der Waals surface area contributed by atoms with Crippen molar-refractivity contribution < 1.29 is 19.1 Å². The summed E-state index contributed by atoms with van der Waals surface area (Å²) in [7, 11) is 1.58. The van der Waals surface area contributed by atoms with Crippen LogP contribution in [0.2, 0.25) is 0 Å². The zero-order valence-corrected chi connectivity index (χ0v) is 21.0. The summed E-state index contributed by atoms with van der Waals surface area (Å²) in [5.41, 5.74) is 1.94. The fraction of sp³-hybridized carbons (Fsp3) is 0.429. The van der Waals surface area contributed by atoms with Crippen molar-refractivity contribution in [3.8, 4) is 11.4 Å². The summed E-state index contributed by atoms with van der Waals surface area (Å²) in [6.07, 6.45) is 3.46. The molecule has 1 amide bonds. The lowest BCUT2D eigenvalue weighted by molar-refractivity contribution is -0.155. The molecule has 1 N–H and O–H groups in total. The van der Waals surface area contributed by atoms with Crippen molar-refractivity contribution in [2.75, 3.05) is 7.11 Å². The predicted octanol–water partition coefficient (Wildman–Crippen LogP) is 3.95. The van der Waals surface area contributed by atoms with E-state index in [1.165, 1.54) is 6.42 Å². The highest BCUT2D eigenvalue weighted by Crippen LogP contribution is 2.24. The van der Waals surface area contributed by atoms with Crippen LogP contribution in [0.4, 0.5) is 0 Å². The Morgan fingerprint density at radius 2 is 1.83 bits per heavy atom. The molecule has 1 fully saturated rings. The second-order valence-corrected chi connectivity index (χ2v) is 9.39. The summed E-state index contributed by atoms with van der Waals surface area (Å²) < 4.78 is 12.2. The minimum Gasteiger partial charge on any atom is -0.497 e. The third-order valence-corrected chi connectivity index (χ3v) is 6.84. The number of amides is 1. The highest BCUT2D eigenvalue weighted by molar-refractivity contribution is 5.83. The van der Waals surface area contributed by atoms with Crippen molar-refractivity contribution in [1.29, 1.82) is 0 Å². The molecule has 1 aliphatic carbocycles. The molecular weight excluding hydrogens is 458 g/mol. The van der Waals surface area contributed by atoms with Gasteiger partial charge in [-0.1, -0.05) is 31.9 Å². The Morgan fingerprint density at radius 3 is 2.56 bits per heavy atom. The maximum atomic E-state index is 13.4. The number of rotatable bonds is 8. The summed E-state index contributed by atoms with van der Waals surface area (Å²) in [6.45, 7) is 3.71. The number of ether oxygens (including phenoxy) is 2. The van der Waals surface area contributed by atoms with Crippen LogP contribution in [0.25, 0.3) is 16.7 Å². The average molecular weight is 492 g/mol. The van der Waals surface area contributed by atoms with E-state index in [1.54, 1.807) is 42.9 Å². The van der Waals surface area contributed by atoms with Gasteiger partial charge in [-0.3, -0.25) is 19.0 Å². The number of fused-ring (bicyclic) bond motifs is 1. The Bertz CT molecular complexity index is 1280. The topological polar surface area (TPSA) is 99.5 Å². The van der Waals surface area contributed by atoms with Gasteiger partial charge in [-0.25, -0.2) is 4.98 Å². The van der Waals surface area contributed by atoms with Crippen molar-refractivity contribution in [3.05, 3.63) is 64.6 Å². The molecular formula is C28H33N3O5. The van der Waals surface area contributed by atoms with E-state index < -0.39 is 12.1 Å². The summed E-state index contributed by atoms with van der Waals surface area (Å²) in [5, 5.41) is 3.02. The first kappa shape index (κ1) is 25.4. The van der Waals surface area contributed by atoms with Crippen molar-refractivity contribution in [1.82, 2.24) is 14.9 Å². The number of hydrogen-bond donors (Lipinski definition) is 1. The van der Waals surface area contributed by atoms with Crippen LogP contribution in [0.3, 0.4) is 0 Å². The number of carbonyl (C=O) groups excluding carboxylic acids is 2. The van der Waals surface area contributed by atoms with Crippen molar-refractivity contribution >= 4 is 22.9 Å². The Morgan fingerprint density at radius 1 is 1.11 bits per heavy atom. The van der Waals surface area contributed by atoms with E-state index in [4.69, 9.17) is 9.47 Å². The molecule has 36 heavy (non-hydrogen) atoms. The van der Waals surface area contributed by atoms with Gasteiger partial charge in [0.25, 0.3) is 11.5 Å². The van der Waals surface area contributed by atoms with Crippen LogP contribution in [0, 0.1) is 5.92 Å². The van der Waals surface area contributed by atoms with Gasteiger partial charge in [-0.15, -0.1) is 0 Å². The summed E-state index contributed by atoms with van der Waals surface area (Å²) in [6, 6.07) is 14.7. The number of carbonyl (C=O) groups is 2. The van der Waals surface area contributed by atoms with Gasteiger partial charge in [0.2, 0.25) is 0 Å². The number of aromatic nitrogens is 2. The van der Waals surface area contributed by atoms with Gasteiger partial charge in [0.05, 0.1) is 24.6 Å². The smallest absolute Gasteiger partial charge is 0.306 e. The van der Waals surface area contributed by atoms with Crippen LogP contribution in [0.1, 0.15) is 51.6 Å². The van der Waals surface area contributed by atoms with E-state index in [9.17, 15) is 14.4 Å². The van der Waals surface area contributed by atoms with Crippen LogP contribution < -0.4 is 15.6 Å². The molecule has 0 bridgehead atoms. The maximum absolute atomic E-state index is 13.4. The zero-order valence-electron chi connectivity index (χ0n) is 21.0. The molecule has 3 atom stereocenters. The Balaban J connectivity index is 1.46. The van der Waals surface area contributed by atoms with E-state index in [2.05, 4.69) is 17.2 Å². The van der Waals surface area contributed by atoms with Gasteiger partial charge < -0.3 is 14.8 Å². The summed E-state index contributed by atoms with van der Waals surface area (Å²) >= 11 is 0. The number of nitrogens with one attached hydrogen (secondary N) is 1. The molecule has 4 rings (SSSR count). The standard InChI is InChI=1S/C28H33N3O5/c1-18-8-4-5-9-22(18)30-27(33)19(2)36-26(32)17-16-24-28(34)31(20-12-14-21(35-3)15-13-20)25-11-7-6-10-23(25)29-24/h6-7,10-15,18-19,22H,4-5,8-9,16-17H2,1-3H3,(H,30,33). The molecule has 3 aromatic rings. The lowest BCUT2D eigenvalue weighted by atomic mass is 9.86. The van der Waals surface area contributed by atoms with Gasteiger partial charge >= 0.3 is 5.97 Å². The maximum Gasteiger partial charge on any atom is 0.306 e. The molecule has 8 nitrogen and oxygen atoms in total. The van der Waals surface area contributed by atoms with Gasteiger partial charge in [0.1, 0.15) is 11.4 Å². The summed E-state index contributed by atoms with van der Waals surface area (Å²) in [5.74, 6) is 0.272. The second-order valence-electron chi connectivity index (χ2n) is 9.39. The normalized spacial score (nSPS) is 18.4. The number of esters is 1. The lowest BCUT2D eigenvalue weighted by Crippen LogP contribution is -2.46. The highest BCUT2D eigenvalue weighted by atomic mass is 16.5. The van der Waals surface area contributed by atoms with Crippen LogP contribution in [-0.2, 0) is 20.7 Å². The Hall–Kier alpha value is -3.68. The van der Waals surface area contributed by atoms with Crippen molar-refractivity contribution in [3.63, 3.8) is 0 Å². The van der Waals surface area contributed by atoms with Crippen LogP contribution >= 0.6 is 0 Å². The number of methoxy groups -OCH3 is 1. The average Bonchev–Trinajstić information content (AvgIpc) is 2.89. The third kappa shape index (κ3) is 5.75. The fourth-order valence-corrected chi connectivity index (χ4v) is 4.69. The number of benzene rings is 2. The quantitative estimate of drug-likeness (QED) is 0.479. The van der Waals surface area contributed by atoms with E-state index in [0.29, 0.717) is 28.4 Å². The van der Waals surface area contributed by atoms with E-state index in [-0.39, 0.29) is 36.0 Å². The van der Waals surface area contributed by atoms with E-state index in [0.717, 1.165) is 19.3 Å². The Labute approximate surface area is 210 Å². The molecule has 0 saturated heterocycles. The second kappa shape index (κ2) is 11.4. The van der Waals surface area contributed by atoms with Crippen molar-refractivity contribution in [2.24, 2.45) is 5.92 Å². The van der Waals surface area contributed by atoms with Crippen LogP contribution in [0.15, 0.2) is 53.3 Å². The molecule has 0 radical (unpaired) electrons. The monoisotopic (exact) mass is 491 g/mol. The molecule has 1 aliphatic rings. The fourth-order valence-electron chi connectivity index (χ4n) is 4.69. The SMILES string of the molecule is COc1ccc(-n2c(=O)c(CCC(=O)OC(C)C(=O)NC3CCCCC3C)nc3ccccc32)cc1. The lowest BCUT2D eigenvalue weighted by Gasteiger charge is -2.30. The van der Waals surface area contributed by atoms with Gasteiger partial charge in [-0.2, -0.15) is 0 Å². The first-order chi connectivity index (χ1) is 17.4. The molecule has 0 spiro atoms. The molecule has 1 heterocycles. The van der Waals surface area contributed by atoms with Gasteiger partial charge in [-0.05, 0) is 62.1 Å². The Kier molecular flexibility index (Phi) is 8.03. The predicted molar refractivity (Wildman–Crippen MR) is 137 cm³/mol. The van der Waals surface area contributed by atoms with E-state index in [1.807, 2.05) is 24.3 Å². The first-order valence-electron chi connectivity index (χ1n) is 12.5. The summed E-state index contributed by atoms with van der Waals surface area (Å²) in [4.78, 5) is 43.0. The van der Waals surface area contributed by atoms with Crippen LogP contribution in [0.5, 0.6) is 5.75 Å². The third-order valence-electron chi connectivity index (χ3n) is 6.84. The van der Waals surface area contributed by atoms with Gasteiger partial charge in [0.15, 0.2) is 6.10 Å². The molecule has 1 saturated carbocycles. The van der Waals surface area contributed by atoms with Crippen molar-refractivity contribution in [2.45, 2.75) is 64.5 Å². The molecule has 0 aliphatic heterocycles.